The van der Waals surface area contributed by atoms with E-state index in [9.17, 15) is 4.79 Å². The molecule has 220 valence electrons. The summed E-state index contributed by atoms with van der Waals surface area (Å²) in [5, 5.41) is 9.12. The van der Waals surface area contributed by atoms with Gasteiger partial charge in [0.25, 0.3) is 0 Å². The van der Waals surface area contributed by atoms with E-state index in [1.807, 2.05) is 19.1 Å². The van der Waals surface area contributed by atoms with E-state index in [4.69, 9.17) is 14.7 Å². The fourth-order valence-corrected chi connectivity index (χ4v) is 5.69. The average Bonchev–Trinajstić information content (AvgIpc) is 3.00. The van der Waals surface area contributed by atoms with Gasteiger partial charge in [-0.25, -0.2) is 0 Å². The van der Waals surface area contributed by atoms with Gasteiger partial charge in [0.2, 0.25) is 0 Å². The summed E-state index contributed by atoms with van der Waals surface area (Å²) in [5.41, 5.74) is 4.75. The zero-order valence-electron chi connectivity index (χ0n) is 25.3. The van der Waals surface area contributed by atoms with Crippen molar-refractivity contribution in [3.8, 4) is 11.8 Å². The molecule has 41 heavy (non-hydrogen) atoms. The number of carbonyl (C=O) groups is 1. The number of benzene rings is 2. The first-order valence-electron chi connectivity index (χ1n) is 15.8. The lowest BCUT2D eigenvalue weighted by atomic mass is 9.81. The molecule has 2 atom stereocenters. The van der Waals surface area contributed by atoms with E-state index >= 15 is 0 Å². The zero-order chi connectivity index (χ0) is 29.1. The number of nitriles is 1. The number of esters is 1. The van der Waals surface area contributed by atoms with Gasteiger partial charge in [0.05, 0.1) is 24.8 Å². The van der Waals surface area contributed by atoms with E-state index in [0.29, 0.717) is 30.4 Å². The summed E-state index contributed by atoms with van der Waals surface area (Å²) in [4.78, 5) is 11.8. The standard InChI is InChI=1S/C37H49NO3/c1-3-40-37(39)20-12-10-17-34(26-25-32-21-23-33(29-38)24-22-32)30(2)28-35-18-9-11-19-36(35)41-27-13-5-8-16-31-14-6-4-7-15-31/h6,9,11,14-15,18-19,21-24,30,34H,3-5,7-8,10,12-13,16-17,20,25-28H2,1-2H3. The van der Waals surface area contributed by atoms with E-state index in [0.717, 1.165) is 57.3 Å². The maximum absolute atomic E-state index is 11.8. The number of nitrogens with zero attached hydrogens (tertiary/aromatic N) is 1. The third-order valence-electron chi connectivity index (χ3n) is 8.16. The minimum Gasteiger partial charge on any atom is -0.493 e. The Hall–Kier alpha value is -3.32. The van der Waals surface area contributed by atoms with Gasteiger partial charge < -0.3 is 9.47 Å². The van der Waals surface area contributed by atoms with Crippen LogP contribution >= 0.6 is 0 Å². The summed E-state index contributed by atoms with van der Waals surface area (Å²) in [6.45, 7) is 5.42. The van der Waals surface area contributed by atoms with E-state index in [-0.39, 0.29) is 5.97 Å². The quantitative estimate of drug-likeness (QED) is 0.128. The highest BCUT2D eigenvalue weighted by Gasteiger charge is 2.20. The molecule has 3 rings (SSSR count). The van der Waals surface area contributed by atoms with Gasteiger partial charge in [0, 0.05) is 6.42 Å². The molecule has 0 fully saturated rings. The van der Waals surface area contributed by atoms with Gasteiger partial charge in [-0.05, 0) is 112 Å². The lowest BCUT2D eigenvalue weighted by Gasteiger charge is -2.25. The Kier molecular flexibility index (Phi) is 14.9. The van der Waals surface area contributed by atoms with Gasteiger partial charge in [-0.2, -0.15) is 5.26 Å². The molecule has 2 unspecified atom stereocenters. The maximum atomic E-state index is 11.8. The van der Waals surface area contributed by atoms with Crippen molar-refractivity contribution in [2.75, 3.05) is 13.2 Å². The van der Waals surface area contributed by atoms with Crippen LogP contribution in [0.25, 0.3) is 0 Å². The molecule has 1 aliphatic rings. The van der Waals surface area contributed by atoms with Crippen LogP contribution in [-0.4, -0.2) is 19.2 Å². The topological polar surface area (TPSA) is 59.3 Å². The fraction of sp³-hybridized carbons (Fsp3) is 0.514. The fourth-order valence-electron chi connectivity index (χ4n) is 5.69. The Morgan fingerprint density at radius 3 is 2.54 bits per heavy atom. The molecule has 2 aromatic rings. The highest BCUT2D eigenvalue weighted by Crippen LogP contribution is 2.31. The highest BCUT2D eigenvalue weighted by molar-refractivity contribution is 5.69. The van der Waals surface area contributed by atoms with Crippen LogP contribution in [0, 0.1) is 23.2 Å². The molecular formula is C37H49NO3. The maximum Gasteiger partial charge on any atom is 0.305 e. The molecule has 0 saturated heterocycles. The number of carbonyl (C=O) groups excluding carboxylic acids is 1. The van der Waals surface area contributed by atoms with Crippen molar-refractivity contribution in [1.82, 2.24) is 0 Å². The Morgan fingerprint density at radius 1 is 0.951 bits per heavy atom. The van der Waals surface area contributed by atoms with Gasteiger partial charge in [-0.1, -0.05) is 73.9 Å². The van der Waals surface area contributed by atoms with Crippen molar-refractivity contribution in [3.05, 3.63) is 89.0 Å². The largest absolute Gasteiger partial charge is 0.493 e. The van der Waals surface area contributed by atoms with Crippen molar-refractivity contribution in [2.24, 2.45) is 11.8 Å². The van der Waals surface area contributed by atoms with E-state index in [1.54, 1.807) is 0 Å². The summed E-state index contributed by atoms with van der Waals surface area (Å²) in [7, 11) is 0. The predicted molar refractivity (Wildman–Crippen MR) is 168 cm³/mol. The van der Waals surface area contributed by atoms with Gasteiger partial charge in [0.15, 0.2) is 0 Å². The number of allylic oxidation sites excluding steroid dienone is 4. The predicted octanol–water partition coefficient (Wildman–Crippen LogP) is 9.32. The smallest absolute Gasteiger partial charge is 0.305 e. The Morgan fingerprint density at radius 2 is 1.78 bits per heavy atom. The monoisotopic (exact) mass is 555 g/mol. The van der Waals surface area contributed by atoms with Crippen LogP contribution in [0.1, 0.15) is 101 Å². The van der Waals surface area contributed by atoms with Gasteiger partial charge in [0.1, 0.15) is 5.75 Å². The summed E-state index contributed by atoms with van der Waals surface area (Å²) < 4.78 is 11.4. The summed E-state index contributed by atoms with van der Waals surface area (Å²) in [6.07, 6.45) is 20.5. The molecule has 0 amide bonds. The van der Waals surface area contributed by atoms with Crippen molar-refractivity contribution < 1.29 is 14.3 Å². The van der Waals surface area contributed by atoms with E-state index in [1.165, 1.54) is 48.8 Å². The zero-order valence-corrected chi connectivity index (χ0v) is 25.3. The summed E-state index contributed by atoms with van der Waals surface area (Å²) in [5.74, 6) is 1.94. The second-order valence-corrected chi connectivity index (χ2v) is 11.4. The third kappa shape index (κ3) is 12.4. The Balaban J connectivity index is 1.51. The van der Waals surface area contributed by atoms with Gasteiger partial charge in [-0.3, -0.25) is 4.79 Å². The average molecular weight is 556 g/mol. The number of hydrogen-bond acceptors (Lipinski definition) is 4. The molecule has 0 aromatic heterocycles. The Bertz CT molecular complexity index is 1140. The van der Waals surface area contributed by atoms with Crippen molar-refractivity contribution in [2.45, 2.75) is 97.3 Å². The minimum atomic E-state index is -0.0938. The van der Waals surface area contributed by atoms with Crippen LogP contribution in [0.5, 0.6) is 5.75 Å². The summed E-state index contributed by atoms with van der Waals surface area (Å²) >= 11 is 0. The van der Waals surface area contributed by atoms with Crippen molar-refractivity contribution in [1.29, 1.82) is 5.26 Å². The first-order chi connectivity index (χ1) is 20.1. The van der Waals surface area contributed by atoms with E-state index < -0.39 is 0 Å². The number of unbranched alkanes of at least 4 members (excludes halogenated alkanes) is 3. The Labute approximate surface area is 248 Å². The molecule has 0 heterocycles. The number of rotatable bonds is 19. The number of para-hydroxylation sites is 1. The lowest BCUT2D eigenvalue weighted by Crippen LogP contribution is -2.16. The molecule has 0 saturated carbocycles. The molecule has 4 heteroatoms. The molecule has 1 aliphatic carbocycles. The van der Waals surface area contributed by atoms with Crippen LogP contribution in [0.4, 0.5) is 0 Å². The van der Waals surface area contributed by atoms with Crippen molar-refractivity contribution >= 4 is 5.97 Å². The minimum absolute atomic E-state index is 0.0938. The number of ether oxygens (including phenoxy) is 2. The molecule has 4 nitrogen and oxygen atoms in total. The molecular weight excluding hydrogens is 506 g/mol. The highest BCUT2D eigenvalue weighted by atomic mass is 16.5. The van der Waals surface area contributed by atoms with E-state index in [2.05, 4.69) is 67.6 Å². The van der Waals surface area contributed by atoms with Gasteiger partial charge in [-0.15, -0.1) is 0 Å². The van der Waals surface area contributed by atoms with Crippen LogP contribution in [0.2, 0.25) is 0 Å². The molecule has 0 N–H and O–H groups in total. The molecule has 0 aliphatic heterocycles. The van der Waals surface area contributed by atoms with Crippen LogP contribution in [-0.2, 0) is 22.4 Å². The normalized spacial score (nSPS) is 14.1. The second kappa shape index (κ2) is 18.9. The first-order valence-corrected chi connectivity index (χ1v) is 15.8. The SMILES string of the molecule is CCOC(=O)CCCCC(CCc1ccc(C#N)cc1)C(C)Cc1ccccc1OCCCCCC1=CCCC=C1. The van der Waals surface area contributed by atoms with Crippen LogP contribution < -0.4 is 4.74 Å². The lowest BCUT2D eigenvalue weighted by molar-refractivity contribution is -0.143. The van der Waals surface area contributed by atoms with Crippen LogP contribution in [0.15, 0.2) is 72.3 Å². The van der Waals surface area contributed by atoms with Gasteiger partial charge >= 0.3 is 5.97 Å². The first kappa shape index (κ1) is 32.2. The van der Waals surface area contributed by atoms with Crippen molar-refractivity contribution in [3.63, 3.8) is 0 Å². The third-order valence-corrected chi connectivity index (χ3v) is 8.16. The number of aryl methyl sites for hydroxylation is 1. The number of hydrogen-bond donors (Lipinski definition) is 0. The molecule has 0 bridgehead atoms. The molecule has 2 aromatic carbocycles. The second-order valence-electron chi connectivity index (χ2n) is 11.4. The van der Waals surface area contributed by atoms with Crippen LogP contribution in [0.3, 0.4) is 0 Å². The molecule has 0 radical (unpaired) electrons. The molecule has 0 spiro atoms. The summed E-state index contributed by atoms with van der Waals surface area (Å²) in [6, 6.07) is 18.7.